The van der Waals surface area contributed by atoms with Crippen molar-refractivity contribution in [2.75, 3.05) is 13.1 Å². The summed E-state index contributed by atoms with van der Waals surface area (Å²) in [6, 6.07) is 36.2. The summed E-state index contributed by atoms with van der Waals surface area (Å²) in [5, 5.41) is 9.60. The van der Waals surface area contributed by atoms with Crippen molar-refractivity contribution in [1.82, 2.24) is 59.8 Å². The van der Waals surface area contributed by atoms with Crippen molar-refractivity contribution in [3.63, 3.8) is 0 Å². The number of aryl methyl sites for hydroxylation is 8. The third kappa shape index (κ3) is 13.1. The van der Waals surface area contributed by atoms with Gasteiger partial charge in [0.2, 0.25) is 0 Å². The van der Waals surface area contributed by atoms with Gasteiger partial charge in [-0.1, -0.05) is 48.5 Å². The van der Waals surface area contributed by atoms with Crippen molar-refractivity contribution in [2.45, 2.75) is 55.4 Å². The summed E-state index contributed by atoms with van der Waals surface area (Å²) in [4.78, 5) is 51.6. The molecule has 0 atom stereocenters. The van der Waals surface area contributed by atoms with Gasteiger partial charge in [-0.3, -0.25) is 39.9 Å². The molecule has 82 heavy (non-hydrogen) atoms. The van der Waals surface area contributed by atoms with Gasteiger partial charge in [-0.15, -0.1) is 0 Å². The summed E-state index contributed by atoms with van der Waals surface area (Å²) < 4.78 is 0. The maximum absolute atomic E-state index is 4.90. The molecule has 0 amide bonds. The molecule has 0 radical (unpaired) electrons. The standard InChI is InChI=1S/4C14H12N2.C8H6N4.C2H8N2.2Ru/c4*1-9-10(2)12-6-4-8-16-14(12)13-11(9)5-3-7-15-13;1-3-9-7(10-4-1)8-11-5-2-6-12-8;3-1-2-4;;/h4*3-8H,1-2H3;1-6H;1-4H2;;/q;;;;;;2*+2. The Kier molecular flexibility index (Phi) is 21.4. The fourth-order valence-corrected chi connectivity index (χ4v) is 9.62. The average Bonchev–Trinajstić information content (AvgIpc) is 3.61. The monoisotopic (exact) mass is 1250 g/mol. The maximum atomic E-state index is 4.90. The van der Waals surface area contributed by atoms with Crippen LogP contribution in [0.5, 0.6) is 0 Å². The first-order valence-electron chi connectivity index (χ1n) is 26.3. The second kappa shape index (κ2) is 28.8. The fraction of sp³-hybridized carbons (Fsp3) is 0.152. The van der Waals surface area contributed by atoms with Crippen LogP contribution >= 0.6 is 0 Å². The van der Waals surface area contributed by atoms with Crippen LogP contribution in [0.2, 0.25) is 0 Å². The molecule has 0 aliphatic heterocycles. The summed E-state index contributed by atoms with van der Waals surface area (Å²) in [6.07, 6.45) is 21.3. The van der Waals surface area contributed by atoms with Crippen LogP contribution in [-0.4, -0.2) is 72.9 Å². The van der Waals surface area contributed by atoms with E-state index in [0.29, 0.717) is 24.7 Å². The zero-order valence-corrected chi connectivity index (χ0v) is 50.4. The predicted octanol–water partition coefficient (Wildman–Crippen LogP) is 13.4. The van der Waals surface area contributed by atoms with E-state index in [1.54, 1.807) is 36.9 Å². The number of benzene rings is 4. The minimum Gasteiger partial charge on any atom is -0.329 e. The second-order valence-electron chi connectivity index (χ2n) is 18.9. The molecule has 16 heteroatoms. The van der Waals surface area contributed by atoms with E-state index in [4.69, 9.17) is 11.5 Å². The van der Waals surface area contributed by atoms with Gasteiger partial charge in [0.15, 0.2) is 11.6 Å². The minimum absolute atomic E-state index is 0. The first-order chi connectivity index (χ1) is 39.0. The first kappa shape index (κ1) is 61.1. The molecule has 14 aromatic rings. The number of nitrogens with two attached hydrogens (primary N) is 2. The number of aromatic nitrogens is 12. The summed E-state index contributed by atoms with van der Waals surface area (Å²) in [6.45, 7) is 18.4. The van der Waals surface area contributed by atoms with E-state index in [9.17, 15) is 0 Å². The van der Waals surface area contributed by atoms with E-state index in [0.717, 1.165) is 44.1 Å². The van der Waals surface area contributed by atoms with Crippen molar-refractivity contribution in [3.8, 4) is 11.6 Å². The van der Waals surface area contributed by atoms with Crippen molar-refractivity contribution in [1.29, 1.82) is 0 Å². The number of nitrogens with zero attached hydrogens (tertiary/aromatic N) is 12. The van der Waals surface area contributed by atoms with E-state index in [-0.39, 0.29) is 39.0 Å². The Morgan fingerprint density at radius 3 is 0.488 bits per heavy atom. The normalized spacial score (nSPS) is 10.5. The van der Waals surface area contributed by atoms with E-state index in [1.807, 2.05) is 98.1 Å². The number of hydrogen-bond acceptors (Lipinski definition) is 14. The molecule has 0 fully saturated rings. The van der Waals surface area contributed by atoms with Gasteiger partial charge in [-0.25, -0.2) is 19.9 Å². The molecule has 14 nitrogen and oxygen atoms in total. The molecule has 10 aromatic heterocycles. The second-order valence-corrected chi connectivity index (χ2v) is 18.9. The van der Waals surface area contributed by atoms with E-state index < -0.39 is 0 Å². The van der Waals surface area contributed by atoms with Crippen LogP contribution in [0.4, 0.5) is 0 Å². The third-order valence-corrected chi connectivity index (χ3v) is 14.3. The largest absolute Gasteiger partial charge is 2.00 e. The molecule has 10 heterocycles. The molecule has 0 bridgehead atoms. The molecule has 0 aliphatic rings. The van der Waals surface area contributed by atoms with Gasteiger partial charge in [-0.05, 0) is 161 Å². The Hall–Kier alpha value is -8.51. The van der Waals surface area contributed by atoms with Crippen LogP contribution in [0.15, 0.2) is 184 Å². The fourth-order valence-electron chi connectivity index (χ4n) is 9.62. The van der Waals surface area contributed by atoms with Crippen molar-refractivity contribution < 1.29 is 39.0 Å². The van der Waals surface area contributed by atoms with Gasteiger partial charge >= 0.3 is 39.0 Å². The Morgan fingerprint density at radius 1 is 0.220 bits per heavy atom. The van der Waals surface area contributed by atoms with Gasteiger partial charge in [0.1, 0.15) is 0 Å². The maximum Gasteiger partial charge on any atom is 2.00 e. The zero-order valence-electron chi connectivity index (χ0n) is 47.0. The molecular formula is C66H62N14Ru2+4. The van der Waals surface area contributed by atoms with Crippen LogP contribution < -0.4 is 11.5 Å². The van der Waals surface area contributed by atoms with Gasteiger partial charge < -0.3 is 11.5 Å². The third-order valence-electron chi connectivity index (χ3n) is 14.3. The molecule has 4 N–H and O–H groups in total. The molecule has 4 aromatic carbocycles. The smallest absolute Gasteiger partial charge is 0.329 e. The number of rotatable bonds is 2. The Balaban J connectivity index is 0.000000145. The summed E-state index contributed by atoms with van der Waals surface area (Å²) >= 11 is 0. The van der Waals surface area contributed by atoms with E-state index in [1.165, 1.54) is 87.6 Å². The van der Waals surface area contributed by atoms with Crippen molar-refractivity contribution >= 4 is 87.2 Å². The molecule has 0 saturated carbocycles. The summed E-state index contributed by atoms with van der Waals surface area (Å²) in [5.41, 5.74) is 28.2. The van der Waals surface area contributed by atoms with E-state index >= 15 is 0 Å². The number of pyridine rings is 8. The Labute approximate surface area is 502 Å². The van der Waals surface area contributed by atoms with Gasteiger partial charge in [-0.2, -0.15) is 0 Å². The Morgan fingerprint density at radius 2 is 0.354 bits per heavy atom. The molecule has 14 rings (SSSR count). The van der Waals surface area contributed by atoms with Crippen LogP contribution in [0.1, 0.15) is 44.5 Å². The quantitative estimate of drug-likeness (QED) is 0.122. The summed E-state index contributed by atoms with van der Waals surface area (Å²) in [7, 11) is 0. The molecule has 0 saturated heterocycles. The average molecular weight is 1250 g/mol. The zero-order chi connectivity index (χ0) is 56.1. The molecule has 0 spiro atoms. The van der Waals surface area contributed by atoms with Gasteiger partial charge in [0.25, 0.3) is 0 Å². The van der Waals surface area contributed by atoms with Crippen molar-refractivity contribution in [2.24, 2.45) is 11.5 Å². The van der Waals surface area contributed by atoms with Crippen LogP contribution in [-0.2, 0) is 39.0 Å². The van der Waals surface area contributed by atoms with Crippen LogP contribution in [0, 0.1) is 55.4 Å². The van der Waals surface area contributed by atoms with Crippen LogP contribution in [0.25, 0.3) is 98.9 Å². The molecule has 0 aliphatic carbocycles. The molecule has 408 valence electrons. The van der Waals surface area contributed by atoms with Crippen molar-refractivity contribution in [3.05, 3.63) is 228 Å². The molecular weight excluding hydrogens is 1190 g/mol. The van der Waals surface area contributed by atoms with Gasteiger partial charge in [0.05, 0.1) is 44.1 Å². The number of hydrogen-bond donors (Lipinski definition) is 2. The predicted molar refractivity (Wildman–Crippen MR) is 327 cm³/mol. The molecule has 0 unspecified atom stereocenters. The van der Waals surface area contributed by atoms with Crippen LogP contribution in [0.3, 0.4) is 0 Å². The SMILES string of the molecule is Cc1c(C)c2cccnc2c2ncccc12.Cc1c(C)c2cccnc2c2ncccc12.Cc1c(C)c2cccnc2c2ncccc12.Cc1c(C)c2cccnc2c2ncccc12.NCCN.[Ru+2].[Ru+2].c1cnc(-c2ncccn2)nc1. The number of fused-ring (bicyclic) bond motifs is 12. The van der Waals surface area contributed by atoms with E-state index in [2.05, 4.69) is 164 Å². The topological polar surface area (TPSA) is 207 Å². The first-order valence-corrected chi connectivity index (χ1v) is 26.3. The van der Waals surface area contributed by atoms with Gasteiger partial charge in [0, 0.05) is 131 Å². The summed E-state index contributed by atoms with van der Waals surface area (Å²) in [5.74, 6) is 1.11. The minimum atomic E-state index is 0. The Bertz CT molecular complexity index is 3680.